The zero-order chi connectivity index (χ0) is 18.2. The number of ether oxygens (including phenoxy) is 1. The summed E-state index contributed by atoms with van der Waals surface area (Å²) < 4.78 is 7.57. The molecule has 0 radical (unpaired) electrons. The average molecular weight is 351 g/mol. The number of anilines is 1. The Labute approximate surface area is 152 Å². The minimum Gasteiger partial charge on any atom is -0.485 e. The molecule has 1 N–H and O–H groups in total. The summed E-state index contributed by atoms with van der Waals surface area (Å²) in [4.78, 5) is 12.6. The van der Waals surface area contributed by atoms with Crippen LogP contribution in [0.4, 0.5) is 5.69 Å². The van der Waals surface area contributed by atoms with Crippen molar-refractivity contribution in [3.63, 3.8) is 0 Å². The summed E-state index contributed by atoms with van der Waals surface area (Å²) in [7, 11) is 0. The molecule has 1 aromatic heterocycles. The fraction of sp³-hybridized carbons (Fsp3) is 0.263. The van der Waals surface area contributed by atoms with Crippen molar-refractivity contribution in [2.24, 2.45) is 0 Å². The van der Waals surface area contributed by atoms with E-state index in [9.17, 15) is 4.79 Å². The second-order valence-corrected chi connectivity index (χ2v) is 5.78. The lowest BCUT2D eigenvalue weighted by molar-refractivity contribution is 0.102. The summed E-state index contributed by atoms with van der Waals surface area (Å²) in [6, 6.07) is 16.4. The summed E-state index contributed by atoms with van der Waals surface area (Å²) in [5.41, 5.74) is 1.19. The van der Waals surface area contributed by atoms with Gasteiger partial charge in [-0.2, -0.15) is 0 Å². The molecule has 1 heterocycles. The molecule has 0 atom stereocenters. The van der Waals surface area contributed by atoms with Crippen LogP contribution in [-0.4, -0.2) is 26.1 Å². The Balaban J connectivity index is 1.69. The van der Waals surface area contributed by atoms with Gasteiger partial charge >= 0.3 is 0 Å². The van der Waals surface area contributed by atoms with Crippen molar-refractivity contribution in [3.05, 3.63) is 66.0 Å². The molecule has 0 aliphatic carbocycles. The highest BCUT2D eigenvalue weighted by Gasteiger charge is 2.14. The Morgan fingerprint density at radius 2 is 1.88 bits per heavy atom. The van der Waals surface area contributed by atoms with Crippen LogP contribution in [0.25, 0.3) is 0 Å². The summed E-state index contributed by atoms with van der Waals surface area (Å²) in [6.07, 6.45) is 2.05. The molecule has 0 bridgehead atoms. The second-order valence-electron chi connectivity index (χ2n) is 5.78. The Morgan fingerprint density at radius 3 is 2.69 bits per heavy atom. The zero-order valence-corrected chi connectivity index (χ0v) is 14.6. The van der Waals surface area contributed by atoms with Crippen LogP contribution >= 0.6 is 0 Å². The standard InChI is InChI=1S/C19H21N5O2/c1-2-3-13-24-18(21-22-23-24)14-26-17-12-8-7-11-16(17)19(25)20-15-9-5-4-6-10-15/h4-12H,2-3,13-14H2,1H3,(H,20,25). The average Bonchev–Trinajstić information content (AvgIpc) is 3.13. The quantitative estimate of drug-likeness (QED) is 0.673. The number of rotatable bonds is 8. The predicted octanol–water partition coefficient (Wildman–Crippen LogP) is 3.30. The number of aromatic nitrogens is 4. The molecule has 1 amide bonds. The SMILES string of the molecule is CCCCn1nnnc1COc1ccccc1C(=O)Nc1ccccc1. The number of tetrazole rings is 1. The summed E-state index contributed by atoms with van der Waals surface area (Å²) in [5, 5.41) is 14.5. The third kappa shape index (κ3) is 4.44. The number of amides is 1. The van der Waals surface area contributed by atoms with Gasteiger partial charge in [-0.05, 0) is 41.1 Å². The van der Waals surface area contributed by atoms with Gasteiger partial charge in [-0.25, -0.2) is 4.68 Å². The minimum absolute atomic E-state index is 0.201. The van der Waals surface area contributed by atoms with Gasteiger partial charge in [-0.1, -0.05) is 43.7 Å². The summed E-state index contributed by atoms with van der Waals surface area (Å²) >= 11 is 0. The first kappa shape index (κ1) is 17.6. The first-order valence-electron chi connectivity index (χ1n) is 8.61. The van der Waals surface area contributed by atoms with Crippen LogP contribution < -0.4 is 10.1 Å². The van der Waals surface area contributed by atoms with Crippen molar-refractivity contribution in [2.45, 2.75) is 32.9 Å². The normalized spacial score (nSPS) is 10.5. The smallest absolute Gasteiger partial charge is 0.259 e. The molecule has 0 aliphatic rings. The van der Waals surface area contributed by atoms with E-state index >= 15 is 0 Å². The molecule has 0 saturated carbocycles. The lowest BCUT2D eigenvalue weighted by Crippen LogP contribution is -2.14. The van der Waals surface area contributed by atoms with Crippen LogP contribution in [0, 0.1) is 0 Å². The van der Waals surface area contributed by atoms with Gasteiger partial charge in [0.1, 0.15) is 12.4 Å². The molecule has 7 nitrogen and oxygen atoms in total. The van der Waals surface area contributed by atoms with E-state index in [0.717, 1.165) is 25.1 Å². The maximum absolute atomic E-state index is 12.6. The number of aryl methyl sites for hydroxylation is 1. The van der Waals surface area contributed by atoms with E-state index in [0.29, 0.717) is 17.1 Å². The number of nitrogens with zero attached hydrogens (tertiary/aromatic N) is 4. The number of benzene rings is 2. The van der Waals surface area contributed by atoms with Gasteiger partial charge in [0.05, 0.1) is 5.56 Å². The van der Waals surface area contributed by atoms with Gasteiger partial charge in [0.2, 0.25) is 0 Å². The van der Waals surface area contributed by atoms with Crippen molar-refractivity contribution < 1.29 is 9.53 Å². The van der Waals surface area contributed by atoms with Gasteiger partial charge in [0, 0.05) is 12.2 Å². The van der Waals surface area contributed by atoms with E-state index in [1.165, 1.54) is 0 Å². The zero-order valence-electron chi connectivity index (χ0n) is 14.6. The van der Waals surface area contributed by atoms with Crippen molar-refractivity contribution in [1.82, 2.24) is 20.2 Å². The van der Waals surface area contributed by atoms with Gasteiger partial charge < -0.3 is 10.1 Å². The maximum atomic E-state index is 12.6. The van der Waals surface area contributed by atoms with E-state index in [2.05, 4.69) is 27.8 Å². The van der Waals surface area contributed by atoms with E-state index in [4.69, 9.17) is 4.74 Å². The Bertz CT molecular complexity index is 848. The molecule has 3 aromatic rings. The van der Waals surface area contributed by atoms with Crippen LogP contribution in [-0.2, 0) is 13.2 Å². The summed E-state index contributed by atoms with van der Waals surface area (Å²) in [5.74, 6) is 0.903. The van der Waals surface area contributed by atoms with Crippen LogP contribution in [0.3, 0.4) is 0 Å². The third-order valence-electron chi connectivity index (χ3n) is 3.85. The van der Waals surface area contributed by atoms with E-state index in [-0.39, 0.29) is 12.5 Å². The molecule has 2 aromatic carbocycles. The van der Waals surface area contributed by atoms with Crippen molar-refractivity contribution in [3.8, 4) is 5.75 Å². The number of hydrogen-bond acceptors (Lipinski definition) is 5. The van der Waals surface area contributed by atoms with E-state index in [1.807, 2.05) is 36.4 Å². The Morgan fingerprint density at radius 1 is 1.12 bits per heavy atom. The summed E-state index contributed by atoms with van der Waals surface area (Å²) in [6.45, 7) is 3.06. The molecule has 7 heteroatoms. The molecule has 0 unspecified atom stereocenters. The molecule has 3 rings (SSSR count). The Hall–Kier alpha value is -3.22. The number of nitrogens with one attached hydrogen (secondary N) is 1. The highest BCUT2D eigenvalue weighted by molar-refractivity contribution is 6.06. The molecule has 0 aliphatic heterocycles. The lowest BCUT2D eigenvalue weighted by Gasteiger charge is -2.11. The van der Waals surface area contributed by atoms with Crippen molar-refractivity contribution in [1.29, 1.82) is 0 Å². The molecule has 134 valence electrons. The Kier molecular flexibility index (Phi) is 5.92. The lowest BCUT2D eigenvalue weighted by atomic mass is 10.2. The van der Waals surface area contributed by atoms with Crippen LogP contribution in [0.15, 0.2) is 54.6 Å². The van der Waals surface area contributed by atoms with Gasteiger partial charge in [-0.3, -0.25) is 4.79 Å². The van der Waals surface area contributed by atoms with Crippen LogP contribution in [0.5, 0.6) is 5.75 Å². The molecular weight excluding hydrogens is 330 g/mol. The van der Waals surface area contributed by atoms with Crippen LogP contribution in [0.1, 0.15) is 35.9 Å². The van der Waals surface area contributed by atoms with Crippen LogP contribution in [0.2, 0.25) is 0 Å². The first-order valence-corrected chi connectivity index (χ1v) is 8.61. The number of carbonyl (C=O) groups is 1. The molecule has 0 fully saturated rings. The maximum Gasteiger partial charge on any atom is 0.259 e. The number of unbranched alkanes of at least 4 members (excludes halogenated alkanes) is 1. The van der Waals surface area contributed by atoms with Gasteiger partial charge in [0.15, 0.2) is 5.82 Å². The number of para-hydroxylation sites is 2. The number of hydrogen-bond donors (Lipinski definition) is 1. The fourth-order valence-electron chi connectivity index (χ4n) is 2.45. The third-order valence-corrected chi connectivity index (χ3v) is 3.85. The monoisotopic (exact) mass is 351 g/mol. The molecular formula is C19H21N5O2. The molecule has 0 spiro atoms. The van der Waals surface area contributed by atoms with Gasteiger partial charge in [-0.15, -0.1) is 5.10 Å². The van der Waals surface area contributed by atoms with Crippen molar-refractivity contribution in [2.75, 3.05) is 5.32 Å². The fourth-order valence-corrected chi connectivity index (χ4v) is 2.45. The number of carbonyl (C=O) groups excluding carboxylic acids is 1. The molecule has 0 saturated heterocycles. The van der Waals surface area contributed by atoms with E-state index < -0.39 is 0 Å². The second kappa shape index (κ2) is 8.75. The van der Waals surface area contributed by atoms with Crippen molar-refractivity contribution >= 4 is 11.6 Å². The first-order chi connectivity index (χ1) is 12.8. The highest BCUT2D eigenvalue weighted by Crippen LogP contribution is 2.20. The van der Waals surface area contributed by atoms with Gasteiger partial charge in [0.25, 0.3) is 5.91 Å². The largest absolute Gasteiger partial charge is 0.485 e. The highest BCUT2D eigenvalue weighted by atomic mass is 16.5. The topological polar surface area (TPSA) is 81.9 Å². The minimum atomic E-state index is -0.225. The molecule has 26 heavy (non-hydrogen) atoms. The predicted molar refractivity (Wildman–Crippen MR) is 97.9 cm³/mol. The van der Waals surface area contributed by atoms with E-state index in [1.54, 1.807) is 22.9 Å².